The highest BCUT2D eigenvalue weighted by Crippen LogP contribution is 2.09. The van der Waals surface area contributed by atoms with Crippen molar-refractivity contribution in [1.29, 1.82) is 0 Å². The Labute approximate surface area is 149 Å². The summed E-state index contributed by atoms with van der Waals surface area (Å²) in [4.78, 5) is 17.5. The van der Waals surface area contributed by atoms with Gasteiger partial charge in [0.15, 0.2) is 5.96 Å². The van der Waals surface area contributed by atoms with Gasteiger partial charge in [-0.25, -0.2) is 9.97 Å². The Morgan fingerprint density at radius 3 is 2.50 bits per heavy atom. The molecule has 0 aliphatic carbocycles. The molecule has 3 N–H and O–H groups in total. The lowest BCUT2D eigenvalue weighted by Crippen LogP contribution is -2.47. The number of hydrogen-bond donors (Lipinski definition) is 2. The molecular weight excluding hydrogens is 393 g/mol. The highest BCUT2D eigenvalue weighted by Gasteiger charge is 2.17. The van der Waals surface area contributed by atoms with Crippen LogP contribution in [0.1, 0.15) is 13.8 Å². The number of nitrogens with zero attached hydrogens (tertiary/aromatic N) is 5. The average Bonchev–Trinajstić information content (AvgIpc) is 2.48. The Bertz CT molecular complexity index is 444. The summed E-state index contributed by atoms with van der Waals surface area (Å²) in [5.41, 5.74) is 5.78. The maximum atomic E-state index is 5.78. The number of aliphatic imine (C=N–C) groups is 1. The summed E-state index contributed by atoms with van der Waals surface area (Å²) in [5.74, 6) is 1.35. The lowest BCUT2D eigenvalue weighted by Gasteiger charge is -2.34. The standard InChI is InChI=1S/C14H25N7.HI/c1-12(2)19-13(15)16-6-7-20-8-10-21(11-9-20)14-17-4-3-5-18-14;/h3-5,12H,6-11H2,1-2H3,(H3,15,16,19);1H. The van der Waals surface area contributed by atoms with E-state index in [-0.39, 0.29) is 24.0 Å². The number of piperazine rings is 1. The second-order valence-electron chi connectivity index (χ2n) is 5.44. The van der Waals surface area contributed by atoms with Crippen LogP contribution in [0.4, 0.5) is 5.95 Å². The molecule has 1 saturated heterocycles. The number of aromatic nitrogens is 2. The fourth-order valence-electron chi connectivity index (χ4n) is 2.28. The predicted octanol–water partition coefficient (Wildman–Crippen LogP) is 0.529. The molecule has 2 rings (SSSR count). The third-order valence-corrected chi connectivity index (χ3v) is 3.34. The van der Waals surface area contributed by atoms with Gasteiger partial charge in [-0.05, 0) is 19.9 Å². The minimum atomic E-state index is 0. The number of hydrogen-bond acceptors (Lipinski definition) is 5. The van der Waals surface area contributed by atoms with Crippen LogP contribution < -0.4 is 16.0 Å². The first-order chi connectivity index (χ1) is 10.1. The Balaban J connectivity index is 0.00000242. The molecule has 1 aliphatic heterocycles. The zero-order valence-corrected chi connectivity index (χ0v) is 15.6. The second-order valence-corrected chi connectivity index (χ2v) is 5.44. The zero-order chi connectivity index (χ0) is 15.1. The maximum Gasteiger partial charge on any atom is 0.225 e. The van der Waals surface area contributed by atoms with E-state index in [9.17, 15) is 0 Å². The molecule has 0 saturated carbocycles. The van der Waals surface area contributed by atoms with Crippen molar-refractivity contribution in [1.82, 2.24) is 20.2 Å². The van der Waals surface area contributed by atoms with Crippen molar-refractivity contribution in [2.75, 3.05) is 44.2 Å². The maximum absolute atomic E-state index is 5.78. The lowest BCUT2D eigenvalue weighted by atomic mass is 10.3. The van der Waals surface area contributed by atoms with Crippen molar-refractivity contribution in [3.8, 4) is 0 Å². The highest BCUT2D eigenvalue weighted by molar-refractivity contribution is 14.0. The van der Waals surface area contributed by atoms with E-state index in [1.54, 1.807) is 12.4 Å². The van der Waals surface area contributed by atoms with E-state index in [0.29, 0.717) is 12.0 Å². The van der Waals surface area contributed by atoms with Crippen LogP contribution in [0.25, 0.3) is 0 Å². The van der Waals surface area contributed by atoms with Gasteiger partial charge in [0, 0.05) is 51.2 Å². The van der Waals surface area contributed by atoms with Gasteiger partial charge in [0.2, 0.25) is 5.95 Å². The second kappa shape index (κ2) is 9.78. The van der Waals surface area contributed by atoms with Crippen LogP contribution in [-0.4, -0.2) is 66.1 Å². The van der Waals surface area contributed by atoms with E-state index in [0.717, 1.165) is 45.2 Å². The number of rotatable bonds is 5. The predicted molar refractivity (Wildman–Crippen MR) is 101 cm³/mol. The number of guanidine groups is 1. The van der Waals surface area contributed by atoms with Gasteiger partial charge in [-0.15, -0.1) is 24.0 Å². The Morgan fingerprint density at radius 1 is 1.27 bits per heavy atom. The SMILES string of the molecule is CC(C)NC(N)=NCCN1CCN(c2ncccn2)CC1.I. The largest absolute Gasteiger partial charge is 0.370 e. The molecule has 1 aromatic rings. The Hall–Kier alpha value is -1.16. The number of nitrogens with one attached hydrogen (secondary N) is 1. The Kier molecular flexibility index (Phi) is 8.39. The molecule has 0 atom stereocenters. The van der Waals surface area contributed by atoms with Gasteiger partial charge in [0.25, 0.3) is 0 Å². The van der Waals surface area contributed by atoms with Gasteiger partial charge in [-0.3, -0.25) is 9.89 Å². The lowest BCUT2D eigenvalue weighted by molar-refractivity contribution is 0.264. The van der Waals surface area contributed by atoms with Crippen LogP contribution in [0, 0.1) is 0 Å². The number of anilines is 1. The molecule has 1 aromatic heterocycles. The summed E-state index contributed by atoms with van der Waals surface area (Å²) < 4.78 is 0. The van der Waals surface area contributed by atoms with Crippen LogP contribution in [-0.2, 0) is 0 Å². The molecule has 8 heteroatoms. The molecule has 0 radical (unpaired) electrons. The number of halogens is 1. The van der Waals surface area contributed by atoms with E-state index in [4.69, 9.17) is 5.73 Å². The van der Waals surface area contributed by atoms with Gasteiger partial charge in [0.1, 0.15) is 0 Å². The van der Waals surface area contributed by atoms with Gasteiger partial charge >= 0.3 is 0 Å². The van der Waals surface area contributed by atoms with Crippen molar-refractivity contribution in [2.45, 2.75) is 19.9 Å². The summed E-state index contributed by atoms with van der Waals surface area (Å²) in [6.45, 7) is 9.68. The summed E-state index contributed by atoms with van der Waals surface area (Å²) in [5, 5.41) is 3.09. The van der Waals surface area contributed by atoms with E-state index in [1.807, 2.05) is 19.9 Å². The van der Waals surface area contributed by atoms with E-state index in [2.05, 4.69) is 30.1 Å². The molecular formula is C14H26IN7. The van der Waals surface area contributed by atoms with Crippen molar-refractivity contribution >= 4 is 35.9 Å². The molecule has 0 aromatic carbocycles. The molecule has 0 spiro atoms. The summed E-state index contributed by atoms with van der Waals surface area (Å²) in [6.07, 6.45) is 3.57. The van der Waals surface area contributed by atoms with Crippen LogP contribution in [0.2, 0.25) is 0 Å². The van der Waals surface area contributed by atoms with Crippen molar-refractivity contribution in [2.24, 2.45) is 10.7 Å². The molecule has 1 aliphatic rings. The highest BCUT2D eigenvalue weighted by atomic mass is 127. The topological polar surface area (TPSA) is 82.7 Å². The minimum Gasteiger partial charge on any atom is -0.370 e. The van der Waals surface area contributed by atoms with Gasteiger partial charge in [-0.2, -0.15) is 0 Å². The van der Waals surface area contributed by atoms with Gasteiger partial charge in [0.05, 0.1) is 6.54 Å². The monoisotopic (exact) mass is 419 g/mol. The molecule has 2 heterocycles. The van der Waals surface area contributed by atoms with E-state index in [1.165, 1.54) is 0 Å². The first-order valence-electron chi connectivity index (χ1n) is 7.46. The molecule has 7 nitrogen and oxygen atoms in total. The first kappa shape index (κ1) is 18.9. The fourth-order valence-corrected chi connectivity index (χ4v) is 2.28. The Morgan fingerprint density at radius 2 is 1.91 bits per heavy atom. The summed E-state index contributed by atoms with van der Waals surface area (Å²) in [7, 11) is 0. The zero-order valence-electron chi connectivity index (χ0n) is 13.3. The molecule has 0 amide bonds. The fraction of sp³-hybridized carbons (Fsp3) is 0.643. The van der Waals surface area contributed by atoms with Crippen LogP contribution in [0.5, 0.6) is 0 Å². The normalized spacial score (nSPS) is 16.5. The van der Waals surface area contributed by atoms with Crippen molar-refractivity contribution < 1.29 is 0 Å². The molecule has 22 heavy (non-hydrogen) atoms. The first-order valence-corrected chi connectivity index (χ1v) is 7.46. The number of nitrogens with two attached hydrogens (primary N) is 1. The summed E-state index contributed by atoms with van der Waals surface area (Å²) in [6, 6.07) is 2.16. The molecule has 1 fully saturated rings. The van der Waals surface area contributed by atoms with Crippen LogP contribution in [0.15, 0.2) is 23.5 Å². The van der Waals surface area contributed by atoms with Crippen LogP contribution in [0.3, 0.4) is 0 Å². The van der Waals surface area contributed by atoms with Crippen molar-refractivity contribution in [3.63, 3.8) is 0 Å². The smallest absolute Gasteiger partial charge is 0.225 e. The third-order valence-electron chi connectivity index (χ3n) is 3.34. The molecule has 124 valence electrons. The molecule has 0 unspecified atom stereocenters. The molecule has 0 bridgehead atoms. The third kappa shape index (κ3) is 6.30. The van der Waals surface area contributed by atoms with E-state index < -0.39 is 0 Å². The quantitative estimate of drug-likeness (QED) is 0.412. The van der Waals surface area contributed by atoms with Crippen LogP contribution >= 0.6 is 24.0 Å². The van der Waals surface area contributed by atoms with Crippen molar-refractivity contribution in [3.05, 3.63) is 18.5 Å². The van der Waals surface area contributed by atoms with Gasteiger partial charge in [-0.1, -0.05) is 0 Å². The summed E-state index contributed by atoms with van der Waals surface area (Å²) >= 11 is 0. The minimum absolute atomic E-state index is 0. The average molecular weight is 419 g/mol. The van der Waals surface area contributed by atoms with E-state index >= 15 is 0 Å². The van der Waals surface area contributed by atoms with Gasteiger partial charge < -0.3 is 16.0 Å².